The molecule has 1 aliphatic heterocycles. The van der Waals surface area contributed by atoms with Crippen LogP contribution in [0.4, 0.5) is 0 Å². The van der Waals surface area contributed by atoms with Crippen molar-refractivity contribution in [3.63, 3.8) is 0 Å². The monoisotopic (exact) mass is 153 g/mol. The molecule has 1 aliphatic rings. The summed E-state index contributed by atoms with van der Waals surface area (Å²) in [6, 6.07) is 2.53. The van der Waals surface area contributed by atoms with Crippen LogP contribution in [-0.4, -0.2) is 30.1 Å². The van der Waals surface area contributed by atoms with E-state index < -0.39 is 0 Å². The zero-order chi connectivity index (χ0) is 8.27. The van der Waals surface area contributed by atoms with E-state index in [1.165, 1.54) is 0 Å². The fraction of sp³-hybridized carbons (Fsp3) is 0.875. The molecule has 1 fully saturated rings. The quantitative estimate of drug-likeness (QED) is 0.590. The molecule has 0 amide bonds. The predicted molar refractivity (Wildman–Crippen MR) is 43.9 cm³/mol. The molecule has 1 heterocycles. The van der Waals surface area contributed by atoms with Crippen molar-refractivity contribution in [3.05, 3.63) is 0 Å². The van der Waals surface area contributed by atoms with E-state index in [0.717, 1.165) is 25.9 Å². The van der Waals surface area contributed by atoms with Crippen LogP contribution in [0.3, 0.4) is 0 Å². The number of nitrogens with zero attached hydrogens (tertiary/aromatic N) is 2. The Labute approximate surface area is 67.8 Å². The summed E-state index contributed by atoms with van der Waals surface area (Å²) in [5, 5.41) is 8.64. The summed E-state index contributed by atoms with van der Waals surface area (Å²) >= 11 is 0. The largest absolute Gasteiger partial charge is 0.327 e. The number of likely N-dealkylation sites (tertiary alicyclic amines) is 1. The first kappa shape index (κ1) is 8.51. The zero-order valence-electron chi connectivity index (χ0n) is 6.95. The van der Waals surface area contributed by atoms with Gasteiger partial charge in [-0.15, -0.1) is 0 Å². The van der Waals surface area contributed by atoms with Gasteiger partial charge in [0.2, 0.25) is 0 Å². The molecule has 0 aliphatic carbocycles. The van der Waals surface area contributed by atoms with E-state index in [1.807, 2.05) is 6.92 Å². The maximum absolute atomic E-state index is 8.64. The number of rotatable bonds is 1. The molecule has 0 aromatic heterocycles. The van der Waals surface area contributed by atoms with Crippen LogP contribution >= 0.6 is 0 Å². The van der Waals surface area contributed by atoms with Crippen LogP contribution in [0.2, 0.25) is 0 Å². The Balaban J connectivity index is 2.40. The van der Waals surface area contributed by atoms with Gasteiger partial charge in [0.25, 0.3) is 0 Å². The number of hydrogen-bond acceptors (Lipinski definition) is 3. The van der Waals surface area contributed by atoms with Gasteiger partial charge in [0.05, 0.1) is 12.1 Å². The maximum Gasteiger partial charge on any atom is 0.0949 e. The molecular weight excluding hydrogens is 138 g/mol. The smallest absolute Gasteiger partial charge is 0.0949 e. The Morgan fingerprint density at radius 3 is 3.00 bits per heavy atom. The maximum atomic E-state index is 8.64. The van der Waals surface area contributed by atoms with Gasteiger partial charge in [0.15, 0.2) is 0 Å². The van der Waals surface area contributed by atoms with Gasteiger partial charge in [-0.3, -0.25) is 4.90 Å². The molecule has 0 saturated carbocycles. The van der Waals surface area contributed by atoms with Crippen LogP contribution in [0.5, 0.6) is 0 Å². The summed E-state index contributed by atoms with van der Waals surface area (Å²) in [7, 11) is 0. The predicted octanol–water partition coefficient (Wildman–Crippen LogP) is 0.322. The number of hydrogen-bond donors (Lipinski definition) is 1. The van der Waals surface area contributed by atoms with Gasteiger partial charge in [0, 0.05) is 12.6 Å². The minimum absolute atomic E-state index is 0.0290. The molecule has 1 rings (SSSR count). The molecule has 62 valence electrons. The van der Waals surface area contributed by atoms with E-state index in [2.05, 4.69) is 11.0 Å². The van der Waals surface area contributed by atoms with Crippen molar-refractivity contribution in [1.29, 1.82) is 5.26 Å². The van der Waals surface area contributed by atoms with Crippen LogP contribution in [0.15, 0.2) is 0 Å². The molecule has 2 N–H and O–H groups in total. The highest BCUT2D eigenvalue weighted by Gasteiger charge is 2.20. The first-order chi connectivity index (χ1) is 5.24. The highest BCUT2D eigenvalue weighted by Crippen LogP contribution is 2.10. The number of nitrogens with two attached hydrogens (primary N) is 1. The fourth-order valence-electron chi connectivity index (χ4n) is 1.47. The summed E-state index contributed by atoms with van der Waals surface area (Å²) < 4.78 is 0. The molecule has 2 unspecified atom stereocenters. The Hall–Kier alpha value is -0.590. The minimum atomic E-state index is 0.0290. The van der Waals surface area contributed by atoms with Crippen LogP contribution in [0.1, 0.15) is 19.8 Å². The molecule has 0 bridgehead atoms. The molecule has 1 saturated heterocycles. The molecule has 0 aromatic carbocycles. The van der Waals surface area contributed by atoms with Gasteiger partial charge in [-0.25, -0.2) is 0 Å². The minimum Gasteiger partial charge on any atom is -0.327 e. The Kier molecular flexibility index (Phi) is 2.86. The SMILES string of the molecule is CC(C#N)N1CCCC(N)C1. The van der Waals surface area contributed by atoms with Crippen LogP contribution < -0.4 is 5.73 Å². The van der Waals surface area contributed by atoms with Crippen LogP contribution in [0, 0.1) is 11.3 Å². The van der Waals surface area contributed by atoms with Crippen molar-refractivity contribution >= 4 is 0 Å². The topological polar surface area (TPSA) is 53.0 Å². The van der Waals surface area contributed by atoms with Gasteiger partial charge in [-0.1, -0.05) is 0 Å². The van der Waals surface area contributed by atoms with Gasteiger partial charge < -0.3 is 5.73 Å². The second-order valence-electron chi connectivity index (χ2n) is 3.20. The second-order valence-corrected chi connectivity index (χ2v) is 3.20. The number of piperidine rings is 1. The van der Waals surface area contributed by atoms with E-state index in [1.54, 1.807) is 0 Å². The summed E-state index contributed by atoms with van der Waals surface area (Å²) in [6.45, 7) is 3.84. The lowest BCUT2D eigenvalue weighted by Gasteiger charge is -2.32. The lowest BCUT2D eigenvalue weighted by Crippen LogP contribution is -2.46. The van der Waals surface area contributed by atoms with E-state index in [-0.39, 0.29) is 12.1 Å². The van der Waals surface area contributed by atoms with Crippen molar-refractivity contribution in [1.82, 2.24) is 4.90 Å². The number of nitriles is 1. The average molecular weight is 153 g/mol. The lowest BCUT2D eigenvalue weighted by molar-refractivity contribution is 0.187. The molecular formula is C8H15N3. The summed E-state index contributed by atoms with van der Waals surface area (Å²) in [6.07, 6.45) is 2.24. The summed E-state index contributed by atoms with van der Waals surface area (Å²) in [5.41, 5.74) is 5.77. The van der Waals surface area contributed by atoms with E-state index in [9.17, 15) is 0 Å². The van der Waals surface area contributed by atoms with Gasteiger partial charge in [-0.05, 0) is 26.3 Å². The van der Waals surface area contributed by atoms with Crippen molar-refractivity contribution < 1.29 is 0 Å². The third kappa shape index (κ3) is 2.18. The van der Waals surface area contributed by atoms with Gasteiger partial charge >= 0.3 is 0 Å². The van der Waals surface area contributed by atoms with Gasteiger partial charge in [-0.2, -0.15) is 5.26 Å². The van der Waals surface area contributed by atoms with E-state index in [0.29, 0.717) is 0 Å². The lowest BCUT2D eigenvalue weighted by atomic mass is 10.1. The zero-order valence-corrected chi connectivity index (χ0v) is 6.95. The Bertz CT molecular complexity index is 161. The summed E-state index contributed by atoms with van der Waals surface area (Å²) in [5.74, 6) is 0. The first-order valence-corrected chi connectivity index (χ1v) is 4.13. The van der Waals surface area contributed by atoms with Crippen molar-refractivity contribution in [2.45, 2.75) is 31.8 Å². The van der Waals surface area contributed by atoms with Crippen LogP contribution in [0.25, 0.3) is 0 Å². The van der Waals surface area contributed by atoms with E-state index >= 15 is 0 Å². The van der Waals surface area contributed by atoms with Crippen molar-refractivity contribution in [2.75, 3.05) is 13.1 Å². The van der Waals surface area contributed by atoms with Crippen LogP contribution in [-0.2, 0) is 0 Å². The molecule has 2 atom stereocenters. The third-order valence-corrected chi connectivity index (χ3v) is 2.22. The highest BCUT2D eigenvalue weighted by molar-refractivity contribution is 4.91. The normalized spacial score (nSPS) is 29.4. The Morgan fingerprint density at radius 2 is 2.45 bits per heavy atom. The van der Waals surface area contributed by atoms with Gasteiger partial charge in [0.1, 0.15) is 0 Å². The first-order valence-electron chi connectivity index (χ1n) is 4.13. The van der Waals surface area contributed by atoms with Crippen molar-refractivity contribution in [3.8, 4) is 6.07 Å². The van der Waals surface area contributed by atoms with Crippen molar-refractivity contribution in [2.24, 2.45) is 5.73 Å². The second kappa shape index (κ2) is 3.70. The fourth-order valence-corrected chi connectivity index (χ4v) is 1.47. The third-order valence-electron chi connectivity index (χ3n) is 2.22. The molecule has 11 heavy (non-hydrogen) atoms. The average Bonchev–Trinajstić information content (AvgIpc) is 2.03. The molecule has 0 spiro atoms. The molecule has 0 radical (unpaired) electrons. The molecule has 0 aromatic rings. The van der Waals surface area contributed by atoms with E-state index in [4.69, 9.17) is 11.0 Å². The standard InChI is InChI=1S/C8H15N3/c1-7(5-9)11-4-2-3-8(10)6-11/h7-8H,2-4,6,10H2,1H3. The summed E-state index contributed by atoms with van der Waals surface area (Å²) in [4.78, 5) is 2.15. The highest BCUT2D eigenvalue weighted by atomic mass is 15.2. The Morgan fingerprint density at radius 1 is 1.73 bits per heavy atom. The molecule has 3 heteroatoms. The molecule has 3 nitrogen and oxygen atoms in total.